The molecular weight excluding hydrogens is 198 g/mol. The van der Waals surface area contributed by atoms with E-state index in [0.29, 0.717) is 6.61 Å². The van der Waals surface area contributed by atoms with E-state index < -0.39 is 0 Å². The highest BCUT2D eigenvalue weighted by Gasteiger charge is 2.13. The fraction of sp³-hybridized carbons (Fsp3) is 0.571. The molecule has 0 amide bonds. The number of aryl methyl sites for hydroxylation is 2. The van der Waals surface area contributed by atoms with Gasteiger partial charge >= 0.3 is 0 Å². The number of rotatable bonds is 5. The molecule has 0 radical (unpaired) electrons. The Kier molecular flexibility index (Phi) is 3.97. The highest BCUT2D eigenvalue weighted by Crippen LogP contribution is 2.24. The van der Waals surface area contributed by atoms with Crippen LogP contribution in [-0.4, -0.2) is 13.2 Å². The molecule has 2 rings (SSSR count). The Balaban J connectivity index is 1.98. The molecule has 1 aliphatic rings. The van der Waals surface area contributed by atoms with Crippen LogP contribution in [0.4, 0.5) is 0 Å². The maximum absolute atomic E-state index is 6.10. The Morgan fingerprint density at radius 1 is 1.31 bits per heavy atom. The average molecular weight is 219 g/mol. The molecule has 0 heterocycles. The summed E-state index contributed by atoms with van der Waals surface area (Å²) in [5.74, 6) is 0. The van der Waals surface area contributed by atoms with Crippen LogP contribution in [0.3, 0.4) is 0 Å². The first-order valence-electron chi connectivity index (χ1n) is 6.26. The second kappa shape index (κ2) is 5.46. The molecule has 1 aromatic rings. The van der Waals surface area contributed by atoms with Crippen LogP contribution < -0.4 is 5.73 Å². The predicted molar refractivity (Wildman–Crippen MR) is 66.5 cm³/mol. The molecule has 1 unspecified atom stereocenters. The van der Waals surface area contributed by atoms with Gasteiger partial charge in [0.1, 0.15) is 0 Å². The Morgan fingerprint density at radius 3 is 2.94 bits per heavy atom. The molecule has 88 valence electrons. The van der Waals surface area contributed by atoms with E-state index in [4.69, 9.17) is 10.5 Å². The van der Waals surface area contributed by atoms with Crippen LogP contribution in [0, 0.1) is 0 Å². The van der Waals surface area contributed by atoms with E-state index in [-0.39, 0.29) is 6.04 Å². The fourth-order valence-electron chi connectivity index (χ4n) is 2.27. The highest BCUT2D eigenvalue weighted by molar-refractivity contribution is 5.36. The van der Waals surface area contributed by atoms with Gasteiger partial charge in [-0.3, -0.25) is 0 Å². The number of nitrogens with two attached hydrogens (primary N) is 1. The van der Waals surface area contributed by atoms with Crippen molar-refractivity contribution >= 4 is 0 Å². The van der Waals surface area contributed by atoms with Crippen LogP contribution in [0.5, 0.6) is 0 Å². The smallest absolute Gasteiger partial charge is 0.0659 e. The molecule has 1 atom stereocenters. The van der Waals surface area contributed by atoms with E-state index in [1.54, 1.807) is 0 Å². The second-order valence-electron chi connectivity index (χ2n) is 4.56. The molecule has 2 nitrogen and oxygen atoms in total. The average Bonchev–Trinajstić information content (AvgIpc) is 2.76. The Hall–Kier alpha value is -0.860. The third kappa shape index (κ3) is 2.63. The largest absolute Gasteiger partial charge is 0.379 e. The molecule has 1 aromatic carbocycles. The lowest BCUT2D eigenvalue weighted by molar-refractivity contribution is 0.121. The third-order valence-electron chi connectivity index (χ3n) is 3.20. The van der Waals surface area contributed by atoms with Gasteiger partial charge in [0.15, 0.2) is 0 Å². The van der Waals surface area contributed by atoms with E-state index in [1.165, 1.54) is 36.0 Å². The third-order valence-corrected chi connectivity index (χ3v) is 3.20. The summed E-state index contributed by atoms with van der Waals surface area (Å²) < 4.78 is 5.49. The second-order valence-corrected chi connectivity index (χ2v) is 4.56. The first-order chi connectivity index (χ1) is 7.81. The van der Waals surface area contributed by atoms with Gasteiger partial charge in [0, 0.05) is 6.61 Å². The zero-order valence-electron chi connectivity index (χ0n) is 10.0. The van der Waals surface area contributed by atoms with Crippen molar-refractivity contribution in [1.29, 1.82) is 0 Å². The zero-order chi connectivity index (χ0) is 11.4. The molecule has 1 aliphatic carbocycles. The molecule has 0 saturated carbocycles. The lowest BCUT2D eigenvalue weighted by Crippen LogP contribution is -2.17. The van der Waals surface area contributed by atoms with E-state index in [2.05, 4.69) is 25.1 Å². The lowest BCUT2D eigenvalue weighted by atomic mass is 10.0. The minimum atomic E-state index is 0.0254. The summed E-state index contributed by atoms with van der Waals surface area (Å²) in [7, 11) is 0. The first kappa shape index (κ1) is 11.6. The number of hydrogen-bond donors (Lipinski definition) is 1. The van der Waals surface area contributed by atoms with Gasteiger partial charge < -0.3 is 10.5 Å². The number of ether oxygens (including phenoxy) is 1. The monoisotopic (exact) mass is 219 g/mol. The van der Waals surface area contributed by atoms with Gasteiger partial charge in [-0.05, 0) is 42.4 Å². The molecular formula is C14H21NO. The predicted octanol–water partition coefficient (Wildman–Crippen LogP) is 2.60. The maximum atomic E-state index is 6.10. The molecule has 0 aliphatic heterocycles. The van der Waals surface area contributed by atoms with Crippen LogP contribution in [0.1, 0.15) is 42.5 Å². The zero-order valence-corrected chi connectivity index (χ0v) is 10.0. The van der Waals surface area contributed by atoms with Crippen molar-refractivity contribution in [1.82, 2.24) is 0 Å². The first-order valence-corrected chi connectivity index (χ1v) is 6.26. The molecule has 0 saturated heterocycles. The quantitative estimate of drug-likeness (QED) is 0.773. The van der Waals surface area contributed by atoms with Crippen LogP contribution in [0.15, 0.2) is 18.2 Å². The summed E-state index contributed by atoms with van der Waals surface area (Å²) in [5, 5.41) is 0. The summed E-state index contributed by atoms with van der Waals surface area (Å²) in [4.78, 5) is 0. The number of fused-ring (bicyclic) bond motifs is 1. The van der Waals surface area contributed by atoms with Crippen molar-refractivity contribution < 1.29 is 4.74 Å². The standard InChI is InChI=1S/C14H21NO/c1-2-8-16-10-14(15)13-7-6-11-4-3-5-12(11)9-13/h6-7,9,14H,2-5,8,10,15H2,1H3. The van der Waals surface area contributed by atoms with E-state index >= 15 is 0 Å². The van der Waals surface area contributed by atoms with E-state index in [1.807, 2.05) is 0 Å². The van der Waals surface area contributed by atoms with Crippen molar-refractivity contribution in [2.75, 3.05) is 13.2 Å². The molecule has 2 N–H and O–H groups in total. The van der Waals surface area contributed by atoms with Gasteiger partial charge in [0.05, 0.1) is 12.6 Å². The summed E-state index contributed by atoms with van der Waals surface area (Å²) in [6, 6.07) is 6.68. The van der Waals surface area contributed by atoms with Gasteiger partial charge in [-0.25, -0.2) is 0 Å². The van der Waals surface area contributed by atoms with Crippen molar-refractivity contribution in [3.8, 4) is 0 Å². The fourth-order valence-corrected chi connectivity index (χ4v) is 2.27. The molecule has 0 spiro atoms. The van der Waals surface area contributed by atoms with Gasteiger partial charge in [-0.2, -0.15) is 0 Å². The lowest BCUT2D eigenvalue weighted by Gasteiger charge is -2.13. The Bertz CT molecular complexity index is 349. The topological polar surface area (TPSA) is 35.2 Å². The summed E-state index contributed by atoms with van der Waals surface area (Å²) >= 11 is 0. The maximum Gasteiger partial charge on any atom is 0.0659 e. The Morgan fingerprint density at radius 2 is 2.12 bits per heavy atom. The normalized spacial score (nSPS) is 16.1. The van der Waals surface area contributed by atoms with Gasteiger partial charge in [0.25, 0.3) is 0 Å². The van der Waals surface area contributed by atoms with Crippen LogP contribution >= 0.6 is 0 Å². The van der Waals surface area contributed by atoms with Gasteiger partial charge in [0.2, 0.25) is 0 Å². The van der Waals surface area contributed by atoms with Crippen molar-refractivity contribution in [3.05, 3.63) is 34.9 Å². The van der Waals surface area contributed by atoms with Gasteiger partial charge in [-0.1, -0.05) is 25.1 Å². The van der Waals surface area contributed by atoms with Crippen molar-refractivity contribution in [2.45, 2.75) is 38.6 Å². The Labute approximate surface area is 97.8 Å². The highest BCUT2D eigenvalue weighted by atomic mass is 16.5. The molecule has 0 fully saturated rings. The SMILES string of the molecule is CCCOCC(N)c1ccc2c(c1)CCC2. The number of benzene rings is 1. The van der Waals surface area contributed by atoms with Crippen molar-refractivity contribution in [3.63, 3.8) is 0 Å². The minimum absolute atomic E-state index is 0.0254. The van der Waals surface area contributed by atoms with Crippen LogP contribution in [-0.2, 0) is 17.6 Å². The van der Waals surface area contributed by atoms with E-state index in [9.17, 15) is 0 Å². The van der Waals surface area contributed by atoms with Gasteiger partial charge in [-0.15, -0.1) is 0 Å². The number of hydrogen-bond acceptors (Lipinski definition) is 2. The van der Waals surface area contributed by atoms with Crippen LogP contribution in [0.25, 0.3) is 0 Å². The molecule has 2 heteroatoms. The molecule has 0 bridgehead atoms. The molecule has 0 aromatic heterocycles. The minimum Gasteiger partial charge on any atom is -0.379 e. The van der Waals surface area contributed by atoms with E-state index in [0.717, 1.165) is 13.0 Å². The summed E-state index contributed by atoms with van der Waals surface area (Å²) in [5.41, 5.74) is 10.3. The van der Waals surface area contributed by atoms with Crippen LogP contribution in [0.2, 0.25) is 0 Å². The van der Waals surface area contributed by atoms with Crippen molar-refractivity contribution in [2.24, 2.45) is 5.73 Å². The summed E-state index contributed by atoms with van der Waals surface area (Å²) in [6.07, 6.45) is 4.79. The molecule has 16 heavy (non-hydrogen) atoms. The summed E-state index contributed by atoms with van der Waals surface area (Å²) in [6.45, 7) is 3.55.